The topological polar surface area (TPSA) is 81.6 Å². The lowest BCUT2D eigenvalue weighted by molar-refractivity contribution is -0.123. The number of benzene rings is 1. The van der Waals surface area contributed by atoms with Gasteiger partial charge in [0.05, 0.1) is 6.04 Å². The zero-order valence-electron chi connectivity index (χ0n) is 11.2. The van der Waals surface area contributed by atoms with Crippen LogP contribution in [0.25, 0.3) is 0 Å². The molecule has 0 saturated heterocycles. The largest absolute Gasteiger partial charge is 0.508 e. The molecule has 1 fully saturated rings. The summed E-state index contributed by atoms with van der Waals surface area (Å²) < 4.78 is 0. The van der Waals surface area contributed by atoms with Gasteiger partial charge in [-0.25, -0.2) is 0 Å². The van der Waals surface area contributed by atoms with Gasteiger partial charge in [0.2, 0.25) is 5.91 Å². The predicted octanol–water partition coefficient (Wildman–Crippen LogP) is 1.42. The summed E-state index contributed by atoms with van der Waals surface area (Å²) in [7, 11) is 0. The number of hydrogen-bond donors (Lipinski definition) is 4. The minimum absolute atomic E-state index is 0.0207. The van der Waals surface area contributed by atoms with E-state index in [0.717, 1.165) is 12.8 Å². The molecule has 2 atom stereocenters. The van der Waals surface area contributed by atoms with Gasteiger partial charge in [-0.1, -0.05) is 6.07 Å². The molecule has 5 nitrogen and oxygen atoms in total. The number of amides is 1. The second kappa shape index (κ2) is 5.48. The van der Waals surface area contributed by atoms with E-state index < -0.39 is 0 Å². The van der Waals surface area contributed by atoms with Crippen molar-refractivity contribution in [2.45, 2.75) is 44.8 Å². The van der Waals surface area contributed by atoms with E-state index in [2.05, 4.69) is 10.6 Å². The van der Waals surface area contributed by atoms with Crippen molar-refractivity contribution in [1.82, 2.24) is 10.6 Å². The molecule has 0 aromatic heterocycles. The summed E-state index contributed by atoms with van der Waals surface area (Å²) >= 11 is 0. The summed E-state index contributed by atoms with van der Waals surface area (Å²) in [6.45, 7) is 3.67. The maximum absolute atomic E-state index is 11.8. The van der Waals surface area contributed by atoms with Crippen LogP contribution in [0.3, 0.4) is 0 Å². The highest BCUT2D eigenvalue weighted by Gasteiger charge is 2.26. The molecule has 2 unspecified atom stereocenters. The van der Waals surface area contributed by atoms with Gasteiger partial charge in [0.25, 0.3) is 0 Å². The lowest BCUT2D eigenvalue weighted by atomic mass is 10.1. The maximum atomic E-state index is 11.8. The summed E-state index contributed by atoms with van der Waals surface area (Å²) in [6, 6.07) is 4.29. The van der Waals surface area contributed by atoms with Gasteiger partial charge in [-0.2, -0.15) is 0 Å². The molecule has 19 heavy (non-hydrogen) atoms. The Morgan fingerprint density at radius 1 is 1.32 bits per heavy atom. The Hall–Kier alpha value is -1.75. The van der Waals surface area contributed by atoms with Gasteiger partial charge < -0.3 is 15.5 Å². The maximum Gasteiger partial charge on any atom is 0.237 e. The SMILES string of the molecule is CC(NC(C)c1ccc(O)cc1O)C(=O)NC1CC1. The summed E-state index contributed by atoms with van der Waals surface area (Å²) in [5, 5.41) is 25.1. The third kappa shape index (κ3) is 3.61. The van der Waals surface area contributed by atoms with Crippen molar-refractivity contribution in [1.29, 1.82) is 0 Å². The first-order valence-corrected chi connectivity index (χ1v) is 6.55. The molecular weight excluding hydrogens is 244 g/mol. The predicted molar refractivity (Wildman–Crippen MR) is 71.9 cm³/mol. The Bertz CT molecular complexity index is 472. The second-order valence-corrected chi connectivity index (χ2v) is 5.14. The van der Waals surface area contributed by atoms with Crippen LogP contribution in [-0.2, 0) is 4.79 Å². The molecule has 104 valence electrons. The van der Waals surface area contributed by atoms with Gasteiger partial charge in [-0.3, -0.25) is 10.1 Å². The standard InChI is InChI=1S/C14H20N2O3/c1-8(12-6-5-11(17)7-13(12)18)15-9(2)14(19)16-10-3-4-10/h5-10,15,17-18H,3-4H2,1-2H3,(H,16,19). The average molecular weight is 264 g/mol. The Kier molecular flexibility index (Phi) is 3.95. The smallest absolute Gasteiger partial charge is 0.237 e. The van der Waals surface area contributed by atoms with Gasteiger partial charge in [-0.05, 0) is 32.8 Å². The highest BCUT2D eigenvalue weighted by atomic mass is 16.3. The molecular formula is C14H20N2O3. The molecule has 0 heterocycles. The fourth-order valence-corrected chi connectivity index (χ4v) is 1.99. The zero-order valence-corrected chi connectivity index (χ0v) is 11.2. The molecule has 0 aliphatic heterocycles. The molecule has 1 aromatic rings. The highest BCUT2D eigenvalue weighted by molar-refractivity contribution is 5.81. The molecule has 4 N–H and O–H groups in total. The van der Waals surface area contributed by atoms with Gasteiger partial charge in [0, 0.05) is 23.7 Å². The highest BCUT2D eigenvalue weighted by Crippen LogP contribution is 2.28. The van der Waals surface area contributed by atoms with Crippen molar-refractivity contribution in [2.75, 3.05) is 0 Å². The normalized spacial score (nSPS) is 17.8. The van der Waals surface area contributed by atoms with E-state index in [1.165, 1.54) is 12.1 Å². The first kappa shape index (κ1) is 13.7. The lowest BCUT2D eigenvalue weighted by Crippen LogP contribution is -2.43. The van der Waals surface area contributed by atoms with Crippen LogP contribution in [0.2, 0.25) is 0 Å². The Morgan fingerprint density at radius 3 is 2.58 bits per heavy atom. The molecule has 5 heteroatoms. The Labute approximate surface area is 112 Å². The van der Waals surface area contributed by atoms with Crippen molar-refractivity contribution in [3.05, 3.63) is 23.8 Å². The van der Waals surface area contributed by atoms with E-state index in [4.69, 9.17) is 0 Å². The van der Waals surface area contributed by atoms with E-state index in [0.29, 0.717) is 11.6 Å². The van der Waals surface area contributed by atoms with E-state index in [1.807, 2.05) is 6.92 Å². The summed E-state index contributed by atoms with van der Waals surface area (Å²) in [4.78, 5) is 11.8. The van der Waals surface area contributed by atoms with Crippen molar-refractivity contribution >= 4 is 5.91 Å². The molecule has 1 aliphatic carbocycles. The quantitative estimate of drug-likeness (QED) is 0.648. The molecule has 1 aliphatic rings. The van der Waals surface area contributed by atoms with E-state index in [1.54, 1.807) is 13.0 Å². The number of carbonyl (C=O) groups excluding carboxylic acids is 1. The number of aromatic hydroxyl groups is 2. The molecule has 0 bridgehead atoms. The van der Waals surface area contributed by atoms with Crippen LogP contribution in [0.5, 0.6) is 11.5 Å². The summed E-state index contributed by atoms with van der Waals surface area (Å²) in [5.41, 5.74) is 0.656. The fourth-order valence-electron chi connectivity index (χ4n) is 1.99. The van der Waals surface area contributed by atoms with Gasteiger partial charge >= 0.3 is 0 Å². The molecule has 2 rings (SSSR count). The van der Waals surface area contributed by atoms with Crippen LogP contribution in [-0.4, -0.2) is 28.2 Å². The van der Waals surface area contributed by atoms with E-state index in [-0.39, 0.29) is 29.5 Å². The fraction of sp³-hybridized carbons (Fsp3) is 0.500. The van der Waals surface area contributed by atoms with Crippen LogP contribution >= 0.6 is 0 Å². The van der Waals surface area contributed by atoms with Crippen LogP contribution in [0, 0.1) is 0 Å². The summed E-state index contributed by atoms with van der Waals surface area (Å²) in [5.74, 6) is 0.0235. The van der Waals surface area contributed by atoms with Crippen molar-refractivity contribution in [2.24, 2.45) is 0 Å². The van der Waals surface area contributed by atoms with Crippen LogP contribution < -0.4 is 10.6 Å². The molecule has 1 saturated carbocycles. The average Bonchev–Trinajstić information content (AvgIpc) is 3.12. The number of rotatable bonds is 5. The Balaban J connectivity index is 1.95. The number of phenols is 2. The number of nitrogens with one attached hydrogen (secondary N) is 2. The Morgan fingerprint density at radius 2 is 2.00 bits per heavy atom. The van der Waals surface area contributed by atoms with Crippen molar-refractivity contribution < 1.29 is 15.0 Å². The van der Waals surface area contributed by atoms with Crippen molar-refractivity contribution in [3.8, 4) is 11.5 Å². The molecule has 0 spiro atoms. The number of carbonyl (C=O) groups is 1. The minimum Gasteiger partial charge on any atom is -0.508 e. The van der Waals surface area contributed by atoms with Crippen LogP contribution in [0.4, 0.5) is 0 Å². The van der Waals surface area contributed by atoms with Gasteiger partial charge in [0.15, 0.2) is 0 Å². The van der Waals surface area contributed by atoms with Crippen molar-refractivity contribution in [3.63, 3.8) is 0 Å². The summed E-state index contributed by atoms with van der Waals surface area (Å²) in [6.07, 6.45) is 2.12. The monoisotopic (exact) mass is 264 g/mol. The molecule has 1 amide bonds. The first-order valence-electron chi connectivity index (χ1n) is 6.55. The number of phenolic OH excluding ortho intramolecular Hbond substituents is 2. The lowest BCUT2D eigenvalue weighted by Gasteiger charge is -2.20. The molecule has 0 radical (unpaired) electrons. The third-order valence-electron chi connectivity index (χ3n) is 3.30. The van der Waals surface area contributed by atoms with Gasteiger partial charge in [0.1, 0.15) is 11.5 Å². The molecule has 1 aromatic carbocycles. The van der Waals surface area contributed by atoms with Crippen LogP contribution in [0.1, 0.15) is 38.3 Å². The zero-order chi connectivity index (χ0) is 14.0. The van der Waals surface area contributed by atoms with Crippen LogP contribution in [0.15, 0.2) is 18.2 Å². The minimum atomic E-state index is -0.330. The van der Waals surface area contributed by atoms with Gasteiger partial charge in [-0.15, -0.1) is 0 Å². The second-order valence-electron chi connectivity index (χ2n) is 5.14. The van der Waals surface area contributed by atoms with E-state index >= 15 is 0 Å². The first-order chi connectivity index (χ1) is 8.97. The van der Waals surface area contributed by atoms with E-state index in [9.17, 15) is 15.0 Å². The third-order valence-corrected chi connectivity index (χ3v) is 3.30. The number of hydrogen-bond acceptors (Lipinski definition) is 4.